The van der Waals surface area contributed by atoms with Gasteiger partial charge in [-0.2, -0.15) is 0 Å². The molecule has 0 radical (unpaired) electrons. The monoisotopic (exact) mass is 384 g/mol. The number of benzene rings is 2. The van der Waals surface area contributed by atoms with Crippen LogP contribution in [0.5, 0.6) is 0 Å². The zero-order chi connectivity index (χ0) is 16.7. The summed E-state index contributed by atoms with van der Waals surface area (Å²) in [6, 6.07) is 14.4. The number of halogens is 2. The van der Waals surface area contributed by atoms with Gasteiger partial charge in [-0.15, -0.1) is 0 Å². The Labute approximate surface area is 152 Å². The molecule has 6 heteroatoms. The molecule has 0 amide bonds. The maximum atomic E-state index is 11.9. The summed E-state index contributed by atoms with van der Waals surface area (Å²) >= 11 is 8.99. The summed E-state index contributed by atoms with van der Waals surface area (Å²) in [6.07, 6.45) is 3.46. The highest BCUT2D eigenvalue weighted by Gasteiger charge is 2.11. The molecule has 0 aliphatic heterocycles. The van der Waals surface area contributed by atoms with Crippen LogP contribution in [-0.2, 0) is 22.4 Å². The smallest absolute Gasteiger partial charge is 0.262 e. The first-order valence-corrected chi connectivity index (χ1v) is 10.2. The predicted molar refractivity (Wildman–Crippen MR) is 102 cm³/mol. The fourth-order valence-corrected chi connectivity index (χ4v) is 4.06. The van der Waals surface area contributed by atoms with Crippen LogP contribution >= 0.6 is 23.2 Å². The molecule has 0 heterocycles. The van der Waals surface area contributed by atoms with Crippen LogP contribution in [0.1, 0.15) is 11.1 Å². The Kier molecular flexibility index (Phi) is 7.56. The SMILES string of the molecule is [O-][S+](C=Cc1ccc(Cl)cc1)C[S+]([O-])/C=C\c1ccc(Cl)cc1. The number of rotatable bonds is 6. The normalized spacial score (nSPS) is 14.4. The molecule has 0 fully saturated rings. The van der Waals surface area contributed by atoms with Crippen molar-refractivity contribution >= 4 is 57.7 Å². The molecule has 2 unspecified atom stereocenters. The van der Waals surface area contributed by atoms with E-state index in [1.807, 2.05) is 24.3 Å². The van der Waals surface area contributed by atoms with Crippen molar-refractivity contribution in [1.82, 2.24) is 0 Å². The van der Waals surface area contributed by atoms with Crippen LogP contribution in [0.3, 0.4) is 0 Å². The van der Waals surface area contributed by atoms with Crippen molar-refractivity contribution in [2.45, 2.75) is 0 Å². The Bertz CT molecular complexity index is 610. The van der Waals surface area contributed by atoms with E-state index in [9.17, 15) is 9.11 Å². The van der Waals surface area contributed by atoms with Crippen molar-refractivity contribution in [1.29, 1.82) is 0 Å². The molecule has 0 saturated carbocycles. The van der Waals surface area contributed by atoms with Gasteiger partial charge in [0.15, 0.2) is 0 Å². The van der Waals surface area contributed by atoms with Crippen molar-refractivity contribution in [3.63, 3.8) is 0 Å². The summed E-state index contributed by atoms with van der Waals surface area (Å²) < 4.78 is 23.8. The van der Waals surface area contributed by atoms with Crippen LogP contribution in [0, 0.1) is 0 Å². The van der Waals surface area contributed by atoms with Crippen LogP contribution < -0.4 is 0 Å². The summed E-state index contributed by atoms with van der Waals surface area (Å²) in [4.78, 5) is 0. The topological polar surface area (TPSA) is 46.1 Å². The Balaban J connectivity index is 1.85. The summed E-state index contributed by atoms with van der Waals surface area (Å²) in [6.45, 7) is 0. The lowest BCUT2D eigenvalue weighted by molar-refractivity contribution is 0.596. The second-order valence-corrected chi connectivity index (χ2v) is 8.47. The third-order valence-electron chi connectivity index (χ3n) is 2.80. The van der Waals surface area contributed by atoms with Gasteiger partial charge >= 0.3 is 0 Å². The number of hydrogen-bond donors (Lipinski definition) is 0. The lowest BCUT2D eigenvalue weighted by Gasteiger charge is -2.07. The molecular formula is C17H14Cl2O2S2. The van der Waals surface area contributed by atoms with Crippen molar-refractivity contribution in [2.24, 2.45) is 0 Å². The standard InChI is InChI=1S/C17H14Cl2O2S2/c18-16-5-1-14(2-6-16)9-11-22(20)13-23(21)12-10-15-3-7-17(19)8-4-15/h1-12H,13H2/b11-9-,12-10?. The van der Waals surface area contributed by atoms with Gasteiger partial charge in [-0.25, -0.2) is 0 Å². The first-order chi connectivity index (χ1) is 11.0. The van der Waals surface area contributed by atoms with Crippen LogP contribution in [0.2, 0.25) is 10.0 Å². The second-order valence-electron chi connectivity index (χ2n) is 4.59. The van der Waals surface area contributed by atoms with E-state index in [1.54, 1.807) is 36.4 Å². The molecule has 0 aliphatic rings. The highest BCUT2D eigenvalue weighted by molar-refractivity contribution is 8.10. The molecule has 2 aromatic rings. The molecule has 2 nitrogen and oxygen atoms in total. The van der Waals surface area contributed by atoms with Crippen LogP contribution in [0.15, 0.2) is 59.3 Å². The maximum Gasteiger partial charge on any atom is 0.262 e. The molecule has 0 N–H and O–H groups in total. The van der Waals surface area contributed by atoms with E-state index in [0.29, 0.717) is 10.0 Å². The van der Waals surface area contributed by atoms with Gasteiger partial charge in [0, 0.05) is 32.4 Å². The molecule has 0 aliphatic carbocycles. The van der Waals surface area contributed by atoms with Crippen LogP contribution in [0.25, 0.3) is 12.2 Å². The van der Waals surface area contributed by atoms with Crippen molar-refractivity contribution in [2.75, 3.05) is 5.08 Å². The van der Waals surface area contributed by atoms with Gasteiger partial charge in [-0.1, -0.05) is 47.5 Å². The molecule has 0 spiro atoms. The van der Waals surface area contributed by atoms with Gasteiger partial charge in [-0.05, 0) is 47.5 Å². The van der Waals surface area contributed by atoms with Gasteiger partial charge in [-0.3, -0.25) is 0 Å². The minimum atomic E-state index is -1.30. The van der Waals surface area contributed by atoms with E-state index in [1.165, 1.54) is 10.8 Å². The molecule has 2 aromatic carbocycles. The van der Waals surface area contributed by atoms with E-state index in [-0.39, 0.29) is 5.08 Å². The quantitative estimate of drug-likeness (QED) is 0.651. The fraction of sp³-hybridized carbons (Fsp3) is 0.0588. The number of hydrogen-bond acceptors (Lipinski definition) is 2. The fourth-order valence-electron chi connectivity index (χ4n) is 1.65. The maximum absolute atomic E-state index is 11.9. The molecule has 0 saturated heterocycles. The Hall–Kier alpha value is -0.880. The van der Waals surface area contributed by atoms with E-state index in [0.717, 1.165) is 11.1 Å². The zero-order valence-corrected chi connectivity index (χ0v) is 15.2. The van der Waals surface area contributed by atoms with Crippen molar-refractivity contribution in [3.8, 4) is 0 Å². The highest BCUT2D eigenvalue weighted by Crippen LogP contribution is 2.14. The summed E-state index contributed by atoms with van der Waals surface area (Å²) in [7, 11) is 0. The molecule has 0 aromatic heterocycles. The van der Waals surface area contributed by atoms with E-state index in [2.05, 4.69) is 0 Å². The largest absolute Gasteiger partial charge is 0.608 e. The minimum Gasteiger partial charge on any atom is -0.608 e. The molecule has 120 valence electrons. The average Bonchev–Trinajstić information content (AvgIpc) is 2.54. The molecule has 2 rings (SSSR count). The third-order valence-corrected chi connectivity index (χ3v) is 6.04. The van der Waals surface area contributed by atoms with Gasteiger partial charge in [0.05, 0.1) is 0 Å². The Morgan fingerprint density at radius 1 is 0.696 bits per heavy atom. The summed E-state index contributed by atoms with van der Waals surface area (Å²) in [5.74, 6) is 0. The van der Waals surface area contributed by atoms with Crippen LogP contribution in [-0.4, -0.2) is 14.2 Å². The second kappa shape index (κ2) is 9.42. The van der Waals surface area contributed by atoms with Gasteiger partial charge in [0.2, 0.25) is 0 Å². The lowest BCUT2D eigenvalue weighted by atomic mass is 10.2. The summed E-state index contributed by atoms with van der Waals surface area (Å²) in [5, 5.41) is 4.44. The van der Waals surface area contributed by atoms with E-state index < -0.39 is 22.4 Å². The van der Waals surface area contributed by atoms with Gasteiger partial charge < -0.3 is 9.11 Å². The lowest BCUT2D eigenvalue weighted by Crippen LogP contribution is -2.11. The first-order valence-electron chi connectivity index (χ1n) is 6.65. The summed E-state index contributed by atoms with van der Waals surface area (Å²) in [5.41, 5.74) is 1.79. The molecule has 0 bridgehead atoms. The molecular weight excluding hydrogens is 371 g/mol. The van der Waals surface area contributed by atoms with Crippen molar-refractivity contribution in [3.05, 3.63) is 80.5 Å². The predicted octanol–water partition coefficient (Wildman–Crippen LogP) is 5.09. The van der Waals surface area contributed by atoms with Gasteiger partial charge in [0.25, 0.3) is 5.08 Å². The first kappa shape index (κ1) is 18.5. The van der Waals surface area contributed by atoms with Gasteiger partial charge in [0.1, 0.15) is 10.8 Å². The zero-order valence-electron chi connectivity index (χ0n) is 12.0. The average molecular weight is 385 g/mol. The van der Waals surface area contributed by atoms with Crippen molar-refractivity contribution < 1.29 is 9.11 Å². The molecule has 23 heavy (non-hydrogen) atoms. The van der Waals surface area contributed by atoms with Crippen LogP contribution in [0.4, 0.5) is 0 Å². The van der Waals surface area contributed by atoms with E-state index >= 15 is 0 Å². The molecule has 2 atom stereocenters. The third kappa shape index (κ3) is 7.04. The Morgan fingerprint density at radius 3 is 1.39 bits per heavy atom. The van der Waals surface area contributed by atoms with E-state index in [4.69, 9.17) is 23.2 Å². The Morgan fingerprint density at radius 2 is 1.04 bits per heavy atom. The minimum absolute atomic E-state index is 0.0637. The highest BCUT2D eigenvalue weighted by atomic mass is 35.5.